The third kappa shape index (κ3) is 3.82. The van der Waals surface area contributed by atoms with Crippen molar-refractivity contribution in [1.29, 1.82) is 0 Å². The second kappa shape index (κ2) is 6.90. The van der Waals surface area contributed by atoms with Gasteiger partial charge in [-0.1, -0.05) is 25.3 Å². The molecule has 2 rings (SSSR count). The van der Waals surface area contributed by atoms with Gasteiger partial charge in [-0.15, -0.1) is 11.3 Å². The summed E-state index contributed by atoms with van der Waals surface area (Å²) in [6.45, 7) is 0.444. The van der Waals surface area contributed by atoms with Crippen LogP contribution in [-0.4, -0.2) is 18.6 Å². The maximum atomic E-state index is 11.8. The molecule has 0 radical (unpaired) electrons. The molecule has 100 valence electrons. The van der Waals surface area contributed by atoms with E-state index < -0.39 is 6.04 Å². The lowest BCUT2D eigenvalue weighted by atomic mass is 9.84. The number of ether oxygens (including phenoxy) is 1. The van der Waals surface area contributed by atoms with Gasteiger partial charge in [0.25, 0.3) is 0 Å². The van der Waals surface area contributed by atoms with E-state index in [1.165, 1.54) is 24.1 Å². The van der Waals surface area contributed by atoms with Gasteiger partial charge in [-0.2, -0.15) is 0 Å². The zero-order chi connectivity index (χ0) is 12.8. The molecule has 1 aliphatic rings. The second-order valence-corrected chi connectivity index (χ2v) is 5.95. The number of rotatable bonds is 5. The predicted molar refractivity (Wildman–Crippen MR) is 73.5 cm³/mol. The van der Waals surface area contributed by atoms with Crippen molar-refractivity contribution >= 4 is 17.3 Å². The predicted octanol–water partition coefficient (Wildman–Crippen LogP) is 2.74. The summed E-state index contributed by atoms with van der Waals surface area (Å²) in [6.07, 6.45) is 6.60. The molecule has 1 aromatic heterocycles. The Morgan fingerprint density at radius 3 is 2.89 bits per heavy atom. The molecule has 1 heterocycles. The van der Waals surface area contributed by atoms with E-state index in [2.05, 4.69) is 6.07 Å². The van der Waals surface area contributed by atoms with Gasteiger partial charge in [-0.05, 0) is 30.2 Å². The van der Waals surface area contributed by atoms with Crippen molar-refractivity contribution in [3.05, 3.63) is 22.4 Å². The number of carbonyl (C=O) groups excluding carboxylic acids is 1. The lowest BCUT2D eigenvalue weighted by Crippen LogP contribution is -2.40. The van der Waals surface area contributed by atoms with Crippen LogP contribution in [0.4, 0.5) is 0 Å². The molecular formula is C14H21NO2S. The summed E-state index contributed by atoms with van der Waals surface area (Å²) in [5.41, 5.74) is 5.98. The van der Waals surface area contributed by atoms with E-state index in [0.717, 1.165) is 19.3 Å². The van der Waals surface area contributed by atoms with Gasteiger partial charge in [0.1, 0.15) is 6.04 Å². The van der Waals surface area contributed by atoms with Gasteiger partial charge in [0, 0.05) is 11.3 Å². The lowest BCUT2D eigenvalue weighted by Gasteiger charge is -2.25. The summed E-state index contributed by atoms with van der Waals surface area (Å²) in [6, 6.07) is 3.64. The molecule has 1 atom stereocenters. The van der Waals surface area contributed by atoms with Crippen molar-refractivity contribution in [3.8, 4) is 0 Å². The fourth-order valence-corrected chi connectivity index (χ4v) is 3.18. The van der Waals surface area contributed by atoms with Crippen LogP contribution < -0.4 is 5.73 Å². The van der Waals surface area contributed by atoms with E-state index in [9.17, 15) is 4.79 Å². The molecule has 1 aromatic rings. The normalized spacial score (nSPS) is 18.5. The zero-order valence-electron chi connectivity index (χ0n) is 10.6. The molecule has 1 unspecified atom stereocenters. The Kier molecular flexibility index (Phi) is 5.20. The van der Waals surface area contributed by atoms with E-state index in [1.807, 2.05) is 11.4 Å². The fourth-order valence-electron chi connectivity index (χ4n) is 2.49. The SMILES string of the molecule is NC(C(=O)OCCc1cccs1)C1CCCCC1. The highest BCUT2D eigenvalue weighted by Gasteiger charge is 2.27. The van der Waals surface area contributed by atoms with Crippen LogP contribution in [0.1, 0.15) is 37.0 Å². The van der Waals surface area contributed by atoms with Crippen molar-refractivity contribution < 1.29 is 9.53 Å². The van der Waals surface area contributed by atoms with Gasteiger partial charge in [-0.3, -0.25) is 4.79 Å². The molecule has 18 heavy (non-hydrogen) atoms. The summed E-state index contributed by atoms with van der Waals surface area (Å²) < 4.78 is 5.27. The summed E-state index contributed by atoms with van der Waals surface area (Å²) in [5, 5.41) is 2.03. The molecule has 2 N–H and O–H groups in total. The molecule has 1 fully saturated rings. The average Bonchev–Trinajstić information content (AvgIpc) is 2.92. The van der Waals surface area contributed by atoms with Crippen molar-refractivity contribution in [2.24, 2.45) is 11.7 Å². The van der Waals surface area contributed by atoms with E-state index in [4.69, 9.17) is 10.5 Å². The minimum atomic E-state index is -0.423. The number of hydrogen-bond donors (Lipinski definition) is 1. The zero-order valence-corrected chi connectivity index (χ0v) is 11.5. The van der Waals surface area contributed by atoms with Gasteiger partial charge >= 0.3 is 5.97 Å². The molecule has 0 aromatic carbocycles. The monoisotopic (exact) mass is 267 g/mol. The van der Waals surface area contributed by atoms with Crippen molar-refractivity contribution in [2.45, 2.75) is 44.6 Å². The molecule has 0 aliphatic heterocycles. The number of nitrogens with two attached hydrogens (primary N) is 1. The van der Waals surface area contributed by atoms with Gasteiger partial charge in [-0.25, -0.2) is 0 Å². The first kappa shape index (κ1) is 13.6. The smallest absolute Gasteiger partial charge is 0.323 e. The van der Waals surface area contributed by atoms with E-state index >= 15 is 0 Å². The van der Waals surface area contributed by atoms with Crippen molar-refractivity contribution in [2.75, 3.05) is 6.61 Å². The van der Waals surface area contributed by atoms with Crippen LogP contribution in [0.3, 0.4) is 0 Å². The molecular weight excluding hydrogens is 246 g/mol. The standard InChI is InChI=1S/C14H21NO2S/c15-13(11-5-2-1-3-6-11)14(16)17-9-8-12-7-4-10-18-12/h4,7,10-11,13H,1-3,5-6,8-9,15H2. The lowest BCUT2D eigenvalue weighted by molar-refractivity contribution is -0.146. The van der Waals surface area contributed by atoms with E-state index in [1.54, 1.807) is 11.3 Å². The van der Waals surface area contributed by atoms with E-state index in [0.29, 0.717) is 12.5 Å². The van der Waals surface area contributed by atoms with Crippen LogP contribution in [0.25, 0.3) is 0 Å². The fraction of sp³-hybridized carbons (Fsp3) is 0.643. The highest BCUT2D eigenvalue weighted by Crippen LogP contribution is 2.26. The molecule has 3 nitrogen and oxygen atoms in total. The molecule has 0 bridgehead atoms. The average molecular weight is 267 g/mol. The minimum Gasteiger partial charge on any atom is -0.464 e. The highest BCUT2D eigenvalue weighted by atomic mass is 32.1. The third-order valence-electron chi connectivity index (χ3n) is 3.60. The first-order chi connectivity index (χ1) is 8.77. The van der Waals surface area contributed by atoms with Crippen LogP contribution in [0, 0.1) is 5.92 Å². The highest BCUT2D eigenvalue weighted by molar-refractivity contribution is 7.09. The molecule has 0 spiro atoms. The first-order valence-corrected chi connectivity index (χ1v) is 7.60. The van der Waals surface area contributed by atoms with Crippen molar-refractivity contribution in [3.63, 3.8) is 0 Å². The van der Waals surface area contributed by atoms with Crippen LogP contribution in [0.15, 0.2) is 17.5 Å². The van der Waals surface area contributed by atoms with Crippen LogP contribution in [0.2, 0.25) is 0 Å². The Morgan fingerprint density at radius 1 is 1.44 bits per heavy atom. The molecule has 0 saturated heterocycles. The molecule has 0 amide bonds. The van der Waals surface area contributed by atoms with Crippen LogP contribution in [-0.2, 0) is 16.0 Å². The molecule has 1 saturated carbocycles. The Labute approximate surface area is 112 Å². The Bertz CT molecular complexity index is 358. The number of carbonyl (C=O) groups is 1. The van der Waals surface area contributed by atoms with Gasteiger partial charge < -0.3 is 10.5 Å². The van der Waals surface area contributed by atoms with E-state index in [-0.39, 0.29) is 5.97 Å². The first-order valence-electron chi connectivity index (χ1n) is 6.72. The molecule has 4 heteroatoms. The van der Waals surface area contributed by atoms with Gasteiger partial charge in [0.2, 0.25) is 0 Å². The Balaban J connectivity index is 1.70. The van der Waals surface area contributed by atoms with Gasteiger partial charge in [0.05, 0.1) is 6.61 Å². The summed E-state index contributed by atoms with van der Waals surface area (Å²) >= 11 is 1.69. The maximum Gasteiger partial charge on any atom is 0.323 e. The Morgan fingerprint density at radius 2 is 2.22 bits per heavy atom. The topological polar surface area (TPSA) is 52.3 Å². The summed E-state index contributed by atoms with van der Waals surface area (Å²) in [7, 11) is 0. The van der Waals surface area contributed by atoms with Crippen LogP contribution in [0.5, 0.6) is 0 Å². The minimum absolute atomic E-state index is 0.224. The summed E-state index contributed by atoms with van der Waals surface area (Å²) in [4.78, 5) is 13.1. The largest absolute Gasteiger partial charge is 0.464 e. The third-order valence-corrected chi connectivity index (χ3v) is 4.54. The van der Waals surface area contributed by atoms with Crippen LogP contribution >= 0.6 is 11.3 Å². The maximum absolute atomic E-state index is 11.8. The summed E-state index contributed by atoms with van der Waals surface area (Å²) in [5.74, 6) is 0.103. The van der Waals surface area contributed by atoms with Gasteiger partial charge in [0.15, 0.2) is 0 Å². The number of hydrogen-bond acceptors (Lipinski definition) is 4. The second-order valence-electron chi connectivity index (χ2n) is 4.92. The van der Waals surface area contributed by atoms with Crippen molar-refractivity contribution in [1.82, 2.24) is 0 Å². The number of esters is 1. The number of thiophene rings is 1. The molecule has 1 aliphatic carbocycles. The quantitative estimate of drug-likeness (QED) is 0.835. The Hall–Kier alpha value is -0.870.